The highest BCUT2D eigenvalue weighted by molar-refractivity contribution is 6.30. The van der Waals surface area contributed by atoms with Crippen molar-refractivity contribution in [2.24, 2.45) is 0 Å². The maximum atomic E-state index is 14.8. The van der Waals surface area contributed by atoms with E-state index >= 15 is 0 Å². The van der Waals surface area contributed by atoms with Crippen molar-refractivity contribution in [3.8, 4) is 5.75 Å². The molecule has 0 saturated carbocycles. The number of aliphatic hydroxyl groups is 1. The number of hydrogen-bond acceptors (Lipinski definition) is 5. The van der Waals surface area contributed by atoms with E-state index in [2.05, 4.69) is 20.5 Å². The molecule has 31 heavy (non-hydrogen) atoms. The molecule has 1 fully saturated rings. The minimum atomic E-state index is -0.886. The molecule has 3 rings (SSSR count). The van der Waals surface area contributed by atoms with Crippen LogP contribution in [0.1, 0.15) is 31.9 Å². The van der Waals surface area contributed by atoms with Crippen molar-refractivity contribution in [3.05, 3.63) is 53.1 Å². The number of hydrogen-bond donors (Lipinski definition) is 3. The number of rotatable bonds is 6. The van der Waals surface area contributed by atoms with E-state index in [1.807, 2.05) is 0 Å². The molecule has 1 aromatic carbocycles. The molecule has 168 valence electrons. The molecule has 1 aliphatic rings. The van der Waals surface area contributed by atoms with Crippen molar-refractivity contribution in [3.63, 3.8) is 0 Å². The molecule has 0 bridgehead atoms. The number of likely N-dealkylation sites (tertiary alicyclic amines) is 1. The van der Waals surface area contributed by atoms with Gasteiger partial charge < -0.3 is 20.5 Å². The van der Waals surface area contributed by atoms with Crippen molar-refractivity contribution in [2.75, 3.05) is 32.1 Å². The van der Waals surface area contributed by atoms with E-state index in [1.165, 1.54) is 19.4 Å². The number of β-amino-alcohol motifs (C(OH)–C–C–N with tert-alkyl or cyclic N) is 1. The molecule has 2 amide bonds. The van der Waals surface area contributed by atoms with Crippen LogP contribution < -0.4 is 15.4 Å². The molecule has 1 aliphatic heterocycles. The fourth-order valence-corrected chi connectivity index (χ4v) is 3.97. The Hall–Kier alpha value is -2.42. The normalized spacial score (nSPS) is 19.7. The average molecular weight is 451 g/mol. The Morgan fingerprint density at radius 3 is 2.71 bits per heavy atom. The number of methoxy groups -OCH3 is 1. The average Bonchev–Trinajstić information content (AvgIpc) is 2.70. The fraction of sp³-hybridized carbons (Fsp3) is 0.455. The summed E-state index contributed by atoms with van der Waals surface area (Å²) in [6, 6.07) is 7.36. The largest absolute Gasteiger partial charge is 0.495 e. The molecule has 1 saturated heterocycles. The van der Waals surface area contributed by atoms with Gasteiger partial charge in [-0.3, -0.25) is 9.88 Å². The molecule has 7 nitrogen and oxygen atoms in total. The van der Waals surface area contributed by atoms with E-state index in [-0.39, 0.29) is 17.8 Å². The van der Waals surface area contributed by atoms with Gasteiger partial charge in [-0.25, -0.2) is 9.18 Å². The lowest BCUT2D eigenvalue weighted by molar-refractivity contribution is 0.0231. The lowest BCUT2D eigenvalue weighted by atomic mass is 9.88. The van der Waals surface area contributed by atoms with E-state index in [0.29, 0.717) is 42.5 Å². The van der Waals surface area contributed by atoms with Gasteiger partial charge in [0.25, 0.3) is 0 Å². The molecule has 3 N–H and O–H groups in total. The van der Waals surface area contributed by atoms with Gasteiger partial charge in [-0.2, -0.15) is 0 Å². The standard InChI is InChI=1S/C22H28ClFN4O3/c1-22(2,30)13-28-9-8-19(27-21(29)26-15-6-4-14(23)5-7-15)17(12-28)20-18(24)10-16(31-3)11-25-20/h4-7,10-11,17,19,30H,8-9,12-13H2,1-3H3,(H2,26,27,29)/t17-,19-/m1/s1. The summed E-state index contributed by atoms with van der Waals surface area (Å²) in [7, 11) is 1.45. The van der Waals surface area contributed by atoms with Gasteiger partial charge in [0.2, 0.25) is 0 Å². The van der Waals surface area contributed by atoms with Crippen LogP contribution in [0.3, 0.4) is 0 Å². The van der Waals surface area contributed by atoms with Crippen molar-refractivity contribution in [1.82, 2.24) is 15.2 Å². The first-order chi connectivity index (χ1) is 14.6. The summed E-state index contributed by atoms with van der Waals surface area (Å²) in [5.74, 6) is -0.548. The van der Waals surface area contributed by atoms with Crippen LogP contribution in [0.5, 0.6) is 5.75 Å². The van der Waals surface area contributed by atoms with Gasteiger partial charge in [-0.15, -0.1) is 0 Å². The van der Waals surface area contributed by atoms with Crippen LogP contribution in [-0.4, -0.2) is 59.4 Å². The topological polar surface area (TPSA) is 86.7 Å². The monoisotopic (exact) mass is 450 g/mol. The highest BCUT2D eigenvalue weighted by Gasteiger charge is 2.35. The van der Waals surface area contributed by atoms with Gasteiger partial charge >= 0.3 is 6.03 Å². The van der Waals surface area contributed by atoms with Gasteiger partial charge in [0, 0.05) is 48.4 Å². The van der Waals surface area contributed by atoms with Crippen LogP contribution in [-0.2, 0) is 0 Å². The predicted molar refractivity (Wildman–Crippen MR) is 118 cm³/mol. The van der Waals surface area contributed by atoms with E-state index in [1.54, 1.807) is 38.1 Å². The fourth-order valence-electron chi connectivity index (χ4n) is 3.84. The zero-order valence-corrected chi connectivity index (χ0v) is 18.6. The first-order valence-corrected chi connectivity index (χ1v) is 10.5. The molecule has 2 heterocycles. The molecular formula is C22H28ClFN4O3. The molecule has 9 heteroatoms. The number of piperidine rings is 1. The summed E-state index contributed by atoms with van der Waals surface area (Å²) in [4.78, 5) is 18.9. The van der Waals surface area contributed by atoms with Crippen LogP contribution in [0.4, 0.5) is 14.9 Å². The van der Waals surface area contributed by atoms with Crippen LogP contribution >= 0.6 is 11.6 Å². The smallest absolute Gasteiger partial charge is 0.319 e. The summed E-state index contributed by atoms with van der Waals surface area (Å²) >= 11 is 5.88. The van der Waals surface area contributed by atoms with Crippen molar-refractivity contribution < 1.29 is 19.0 Å². The minimum Gasteiger partial charge on any atom is -0.495 e. The number of ether oxygens (including phenoxy) is 1. The van der Waals surface area contributed by atoms with Crippen molar-refractivity contribution >= 4 is 23.3 Å². The summed E-state index contributed by atoms with van der Waals surface area (Å²) in [6.45, 7) is 5.01. The first kappa shape index (κ1) is 23.2. The van der Waals surface area contributed by atoms with Gasteiger partial charge in [0.05, 0.1) is 24.6 Å². The van der Waals surface area contributed by atoms with Gasteiger partial charge in [0.15, 0.2) is 0 Å². The SMILES string of the molecule is COc1cnc([C@@H]2CN(CC(C)(C)O)CC[C@H]2NC(=O)Nc2ccc(Cl)cc2)c(F)c1. The molecule has 0 spiro atoms. The number of amides is 2. The Kier molecular flexibility index (Phi) is 7.35. The number of aromatic nitrogens is 1. The first-order valence-electron chi connectivity index (χ1n) is 10.1. The second-order valence-electron chi connectivity index (χ2n) is 8.40. The van der Waals surface area contributed by atoms with E-state index in [9.17, 15) is 14.3 Å². The third-order valence-corrected chi connectivity index (χ3v) is 5.41. The Morgan fingerprint density at radius 2 is 2.10 bits per heavy atom. The number of carbonyl (C=O) groups is 1. The molecule has 2 atom stereocenters. The van der Waals surface area contributed by atoms with Crippen LogP contribution in [0, 0.1) is 5.82 Å². The summed E-state index contributed by atoms with van der Waals surface area (Å²) < 4.78 is 19.9. The maximum Gasteiger partial charge on any atom is 0.319 e. The molecule has 0 unspecified atom stereocenters. The van der Waals surface area contributed by atoms with Gasteiger partial charge in [-0.1, -0.05) is 11.6 Å². The lowest BCUT2D eigenvalue weighted by Gasteiger charge is -2.40. The van der Waals surface area contributed by atoms with Crippen molar-refractivity contribution in [1.29, 1.82) is 0 Å². The van der Waals surface area contributed by atoms with Gasteiger partial charge in [-0.05, 0) is 44.5 Å². The third kappa shape index (κ3) is 6.53. The highest BCUT2D eigenvalue weighted by atomic mass is 35.5. The zero-order chi connectivity index (χ0) is 22.6. The molecule has 0 radical (unpaired) electrons. The second-order valence-corrected chi connectivity index (χ2v) is 8.83. The Bertz CT molecular complexity index is 905. The number of urea groups is 1. The Balaban J connectivity index is 1.78. The quantitative estimate of drug-likeness (QED) is 0.625. The number of nitrogens with one attached hydrogen (secondary N) is 2. The second kappa shape index (κ2) is 9.80. The number of anilines is 1. The Morgan fingerprint density at radius 1 is 1.39 bits per heavy atom. The number of pyridine rings is 1. The van der Waals surface area contributed by atoms with Crippen LogP contribution in [0.25, 0.3) is 0 Å². The van der Waals surface area contributed by atoms with Crippen LogP contribution in [0.15, 0.2) is 36.5 Å². The predicted octanol–water partition coefficient (Wildman–Crippen LogP) is 3.63. The Labute approximate surface area is 186 Å². The van der Waals surface area contributed by atoms with Crippen LogP contribution in [0.2, 0.25) is 5.02 Å². The maximum absolute atomic E-state index is 14.8. The van der Waals surface area contributed by atoms with Gasteiger partial charge in [0.1, 0.15) is 11.6 Å². The summed E-state index contributed by atoms with van der Waals surface area (Å²) in [5, 5.41) is 16.5. The zero-order valence-electron chi connectivity index (χ0n) is 17.9. The van der Waals surface area contributed by atoms with Crippen molar-refractivity contribution in [2.45, 2.75) is 37.8 Å². The van der Waals surface area contributed by atoms with E-state index in [4.69, 9.17) is 16.3 Å². The minimum absolute atomic E-state index is 0.262. The number of halogens is 2. The molecule has 0 aliphatic carbocycles. The summed E-state index contributed by atoms with van der Waals surface area (Å²) in [6.07, 6.45) is 2.06. The third-order valence-electron chi connectivity index (χ3n) is 5.16. The van der Waals surface area contributed by atoms with E-state index < -0.39 is 17.3 Å². The number of nitrogens with zero attached hydrogens (tertiary/aromatic N) is 2. The molecular weight excluding hydrogens is 423 g/mol. The molecule has 2 aromatic rings. The summed E-state index contributed by atoms with van der Waals surface area (Å²) in [5.41, 5.74) is -0.0208. The highest BCUT2D eigenvalue weighted by Crippen LogP contribution is 2.30. The number of benzene rings is 1. The van der Waals surface area contributed by atoms with E-state index in [0.717, 1.165) is 0 Å². The lowest BCUT2D eigenvalue weighted by Crippen LogP contribution is -2.53. The molecule has 1 aromatic heterocycles. The number of carbonyl (C=O) groups excluding carboxylic acids is 1.